The Bertz CT molecular complexity index is 1110. The summed E-state index contributed by atoms with van der Waals surface area (Å²) in [6.07, 6.45) is 6.37. The Morgan fingerprint density at radius 2 is 1.51 bits per heavy atom. The normalized spacial score (nSPS) is 17.8. The first-order chi connectivity index (χ1) is 16.8. The maximum absolute atomic E-state index is 13.0. The van der Waals surface area contributed by atoms with E-state index in [1.165, 1.54) is 16.4 Å². The summed E-state index contributed by atoms with van der Waals surface area (Å²) in [4.78, 5) is 27.2. The maximum Gasteiger partial charge on any atom is 0.321 e. The number of benzene rings is 2. The zero-order valence-electron chi connectivity index (χ0n) is 20.2. The van der Waals surface area contributed by atoms with E-state index in [0.717, 1.165) is 37.8 Å². The van der Waals surface area contributed by atoms with Gasteiger partial charge in [-0.25, -0.2) is 13.2 Å². The summed E-state index contributed by atoms with van der Waals surface area (Å²) in [6.45, 7) is 1.10. The molecule has 0 aromatic heterocycles. The highest BCUT2D eigenvalue weighted by Gasteiger charge is 2.29. The van der Waals surface area contributed by atoms with Crippen LogP contribution in [-0.4, -0.2) is 61.8 Å². The van der Waals surface area contributed by atoms with Crippen molar-refractivity contribution in [2.45, 2.75) is 61.9 Å². The number of likely N-dealkylation sites (tertiary alicyclic amines) is 1. The number of piperidine rings is 1. The molecular weight excluding hydrogens is 464 g/mol. The number of nitrogens with one attached hydrogen (secondary N) is 2. The van der Waals surface area contributed by atoms with Crippen molar-refractivity contribution in [1.82, 2.24) is 14.5 Å². The molecule has 2 N–H and O–H groups in total. The molecule has 2 aromatic rings. The smallest absolute Gasteiger partial charge is 0.321 e. The molecule has 2 fully saturated rings. The largest absolute Gasteiger partial charge is 0.349 e. The SMILES string of the molecule is CN(C1CCCCC1)S(=O)(=O)c1ccc(C(=O)NC2CCN(C(=O)Nc3ccccc3)CC2)cc1. The molecule has 0 atom stereocenters. The Hall–Kier alpha value is -2.91. The van der Waals surface area contributed by atoms with Crippen molar-refractivity contribution >= 4 is 27.6 Å². The van der Waals surface area contributed by atoms with Gasteiger partial charge in [0, 0.05) is 43.5 Å². The van der Waals surface area contributed by atoms with Crippen molar-refractivity contribution in [1.29, 1.82) is 0 Å². The Morgan fingerprint density at radius 3 is 2.14 bits per heavy atom. The lowest BCUT2D eigenvalue weighted by Gasteiger charge is -2.32. The quantitative estimate of drug-likeness (QED) is 0.627. The second-order valence-electron chi connectivity index (χ2n) is 9.37. The summed E-state index contributed by atoms with van der Waals surface area (Å²) in [7, 11) is -1.94. The summed E-state index contributed by atoms with van der Waals surface area (Å²) < 4.78 is 27.5. The first-order valence-corrected chi connectivity index (χ1v) is 13.8. The number of hydrogen-bond donors (Lipinski definition) is 2. The van der Waals surface area contributed by atoms with Gasteiger partial charge in [-0.15, -0.1) is 0 Å². The summed E-state index contributed by atoms with van der Waals surface area (Å²) >= 11 is 0. The zero-order chi connectivity index (χ0) is 24.8. The monoisotopic (exact) mass is 498 g/mol. The molecule has 2 aliphatic rings. The summed E-state index contributed by atoms with van der Waals surface area (Å²) in [5, 5.41) is 5.91. The third kappa shape index (κ3) is 6.21. The number of nitrogens with zero attached hydrogens (tertiary/aromatic N) is 2. The summed E-state index contributed by atoms with van der Waals surface area (Å²) in [5.41, 5.74) is 1.18. The number of amides is 3. The molecule has 1 saturated heterocycles. The Labute approximate surface area is 207 Å². The lowest BCUT2D eigenvalue weighted by atomic mass is 9.96. The number of anilines is 1. The zero-order valence-corrected chi connectivity index (χ0v) is 21.0. The Balaban J connectivity index is 1.28. The predicted molar refractivity (Wildman–Crippen MR) is 136 cm³/mol. The minimum absolute atomic E-state index is 0.0379. The molecule has 8 nitrogen and oxygen atoms in total. The lowest BCUT2D eigenvalue weighted by molar-refractivity contribution is 0.0919. The van der Waals surface area contributed by atoms with Crippen molar-refractivity contribution in [2.24, 2.45) is 0 Å². The molecule has 4 rings (SSSR count). The van der Waals surface area contributed by atoms with Crippen molar-refractivity contribution in [3.05, 3.63) is 60.2 Å². The van der Waals surface area contributed by atoms with Crippen LogP contribution in [0, 0.1) is 0 Å². The average Bonchev–Trinajstić information content (AvgIpc) is 2.89. The van der Waals surface area contributed by atoms with E-state index in [0.29, 0.717) is 31.5 Å². The average molecular weight is 499 g/mol. The van der Waals surface area contributed by atoms with Crippen LogP contribution < -0.4 is 10.6 Å². The molecule has 0 spiro atoms. The van der Waals surface area contributed by atoms with Crippen molar-refractivity contribution in [3.63, 3.8) is 0 Å². The van der Waals surface area contributed by atoms with Gasteiger partial charge < -0.3 is 15.5 Å². The number of rotatable bonds is 6. The molecule has 0 bridgehead atoms. The van der Waals surface area contributed by atoms with Gasteiger partial charge in [0.25, 0.3) is 5.91 Å². The van der Waals surface area contributed by atoms with E-state index in [1.807, 2.05) is 30.3 Å². The van der Waals surface area contributed by atoms with Gasteiger partial charge in [-0.05, 0) is 62.1 Å². The molecular formula is C26H34N4O4S. The fraction of sp³-hybridized carbons (Fsp3) is 0.462. The van der Waals surface area contributed by atoms with Gasteiger partial charge >= 0.3 is 6.03 Å². The lowest BCUT2D eigenvalue weighted by Crippen LogP contribution is -2.47. The van der Waals surface area contributed by atoms with Gasteiger partial charge in [0.2, 0.25) is 10.0 Å². The van der Waals surface area contributed by atoms with Gasteiger partial charge in [-0.1, -0.05) is 37.5 Å². The molecule has 0 unspecified atom stereocenters. The predicted octanol–water partition coefficient (Wildman–Crippen LogP) is 4.07. The van der Waals surface area contributed by atoms with Gasteiger partial charge in [0.05, 0.1) is 4.90 Å². The van der Waals surface area contributed by atoms with Crippen LogP contribution in [0.4, 0.5) is 10.5 Å². The summed E-state index contributed by atoms with van der Waals surface area (Å²) in [6, 6.07) is 15.3. The summed E-state index contributed by atoms with van der Waals surface area (Å²) in [5.74, 6) is -0.234. The van der Waals surface area contributed by atoms with Gasteiger partial charge in [-0.3, -0.25) is 4.79 Å². The second-order valence-corrected chi connectivity index (χ2v) is 11.4. The number of hydrogen-bond acceptors (Lipinski definition) is 4. The molecule has 35 heavy (non-hydrogen) atoms. The molecule has 1 heterocycles. The highest BCUT2D eigenvalue weighted by Crippen LogP contribution is 2.26. The Morgan fingerprint density at radius 1 is 0.886 bits per heavy atom. The number of sulfonamides is 1. The highest BCUT2D eigenvalue weighted by atomic mass is 32.2. The third-order valence-corrected chi connectivity index (χ3v) is 8.95. The minimum Gasteiger partial charge on any atom is -0.349 e. The van der Waals surface area contributed by atoms with Crippen LogP contribution in [0.3, 0.4) is 0 Å². The van der Waals surface area contributed by atoms with Crippen molar-refractivity contribution < 1.29 is 18.0 Å². The molecule has 188 valence electrons. The minimum atomic E-state index is -3.59. The van der Waals surface area contributed by atoms with E-state index < -0.39 is 10.0 Å². The van der Waals surface area contributed by atoms with Crippen LogP contribution >= 0.6 is 0 Å². The number of carbonyl (C=O) groups excluding carboxylic acids is 2. The van der Waals surface area contributed by atoms with Gasteiger partial charge in [-0.2, -0.15) is 4.31 Å². The standard InChI is InChI=1S/C26H34N4O4S/c1-29(23-10-6-3-7-11-23)35(33,34)24-14-12-20(13-15-24)25(31)27-22-16-18-30(19-17-22)26(32)28-21-8-4-2-5-9-21/h2,4-5,8-9,12-15,22-23H,3,6-7,10-11,16-19H2,1H3,(H,27,31)(H,28,32). The van der Waals surface area contributed by atoms with E-state index in [2.05, 4.69) is 10.6 Å². The van der Waals surface area contributed by atoms with Crippen LogP contribution in [0.1, 0.15) is 55.3 Å². The van der Waals surface area contributed by atoms with E-state index in [9.17, 15) is 18.0 Å². The first-order valence-electron chi connectivity index (χ1n) is 12.3. The van der Waals surface area contributed by atoms with E-state index in [4.69, 9.17) is 0 Å². The molecule has 0 radical (unpaired) electrons. The third-order valence-electron chi connectivity index (χ3n) is 7.02. The van der Waals surface area contributed by atoms with Crippen LogP contribution in [0.5, 0.6) is 0 Å². The molecule has 1 aliphatic carbocycles. The molecule has 1 saturated carbocycles. The maximum atomic E-state index is 13.0. The van der Waals surface area contributed by atoms with E-state index >= 15 is 0 Å². The number of urea groups is 1. The molecule has 9 heteroatoms. The number of para-hydroxylation sites is 1. The van der Waals surface area contributed by atoms with Crippen LogP contribution in [0.2, 0.25) is 0 Å². The van der Waals surface area contributed by atoms with E-state index in [-0.39, 0.29) is 28.9 Å². The number of carbonyl (C=O) groups is 2. The van der Waals surface area contributed by atoms with Crippen LogP contribution in [0.15, 0.2) is 59.5 Å². The van der Waals surface area contributed by atoms with Crippen molar-refractivity contribution in [3.8, 4) is 0 Å². The van der Waals surface area contributed by atoms with Crippen LogP contribution in [-0.2, 0) is 10.0 Å². The molecule has 1 aliphatic heterocycles. The topological polar surface area (TPSA) is 98.8 Å². The molecule has 2 aromatic carbocycles. The fourth-order valence-electron chi connectivity index (χ4n) is 4.81. The van der Waals surface area contributed by atoms with E-state index in [1.54, 1.807) is 24.1 Å². The Kier molecular flexibility index (Phi) is 8.07. The second kappa shape index (κ2) is 11.2. The highest BCUT2D eigenvalue weighted by molar-refractivity contribution is 7.89. The molecule has 3 amide bonds. The van der Waals surface area contributed by atoms with Crippen LogP contribution in [0.25, 0.3) is 0 Å². The fourth-order valence-corrected chi connectivity index (χ4v) is 6.22. The van der Waals surface area contributed by atoms with Crippen molar-refractivity contribution in [2.75, 3.05) is 25.5 Å². The van der Waals surface area contributed by atoms with Gasteiger partial charge in [0.1, 0.15) is 0 Å². The first kappa shape index (κ1) is 25.2. The van der Waals surface area contributed by atoms with Gasteiger partial charge in [0.15, 0.2) is 0 Å².